The molecule has 0 saturated carbocycles. The third-order valence-corrected chi connectivity index (χ3v) is 4.51. The number of carboxylic acids is 1. The van der Waals surface area contributed by atoms with E-state index in [4.69, 9.17) is 9.15 Å². The van der Waals surface area contributed by atoms with E-state index in [1.165, 1.54) is 30.5 Å². The van der Waals surface area contributed by atoms with E-state index in [1.807, 2.05) is 12.1 Å². The Hall–Kier alpha value is -4.19. The molecule has 30 heavy (non-hydrogen) atoms. The maximum Gasteiger partial charge on any atom is 0.372 e. The summed E-state index contributed by atoms with van der Waals surface area (Å²) in [4.78, 5) is 23.9. The number of hydrogen-bond acceptors (Lipinski definition) is 4. The number of benzene rings is 3. The van der Waals surface area contributed by atoms with Gasteiger partial charge in [0.1, 0.15) is 11.6 Å². The van der Waals surface area contributed by atoms with Gasteiger partial charge in [0, 0.05) is 17.0 Å². The van der Waals surface area contributed by atoms with Crippen molar-refractivity contribution in [2.45, 2.75) is 0 Å². The van der Waals surface area contributed by atoms with Crippen LogP contribution in [-0.2, 0) is 4.79 Å². The third-order valence-electron chi connectivity index (χ3n) is 4.51. The van der Waals surface area contributed by atoms with Crippen molar-refractivity contribution in [3.63, 3.8) is 0 Å². The average molecular weight is 402 g/mol. The smallest absolute Gasteiger partial charge is 0.372 e. The molecule has 0 amide bonds. The van der Waals surface area contributed by atoms with Crippen molar-refractivity contribution >= 4 is 28.8 Å². The molecule has 0 bridgehead atoms. The molecule has 1 heterocycles. The average Bonchev–Trinajstić information content (AvgIpc) is 3.23. The normalized spacial score (nSPS) is 11.1. The Bertz CT molecular complexity index is 1260. The van der Waals surface area contributed by atoms with Crippen LogP contribution in [-0.4, -0.2) is 17.0 Å². The first-order valence-electron chi connectivity index (χ1n) is 9.01. The topological polar surface area (TPSA) is 76.7 Å². The molecule has 0 radical (unpaired) electrons. The second-order valence-corrected chi connectivity index (χ2v) is 6.43. The van der Waals surface area contributed by atoms with E-state index < -0.39 is 11.9 Å². The Kier molecular flexibility index (Phi) is 5.13. The van der Waals surface area contributed by atoms with Gasteiger partial charge in [0.05, 0.1) is 6.26 Å². The summed E-state index contributed by atoms with van der Waals surface area (Å²) in [5.41, 5.74) is 1.61. The second kappa shape index (κ2) is 8.05. The van der Waals surface area contributed by atoms with Gasteiger partial charge in [0.25, 0.3) is 0 Å². The standard InChI is InChI=1S/C24H15FO5/c25-17-10-7-15(8-11-17)9-12-21(26)30-20-6-2-4-16-3-1-5-18(22(16)20)19-13-14-29-23(19)24(27)28/h1-14H,(H,27,28). The number of carbonyl (C=O) groups is 2. The molecule has 0 aliphatic carbocycles. The lowest BCUT2D eigenvalue weighted by atomic mass is 9.97. The van der Waals surface area contributed by atoms with Crippen LogP contribution in [0.2, 0.25) is 0 Å². The van der Waals surface area contributed by atoms with Gasteiger partial charge in [-0.25, -0.2) is 14.0 Å². The van der Waals surface area contributed by atoms with Crippen molar-refractivity contribution in [1.29, 1.82) is 0 Å². The minimum absolute atomic E-state index is 0.195. The lowest BCUT2D eigenvalue weighted by molar-refractivity contribution is -0.128. The van der Waals surface area contributed by atoms with E-state index in [-0.39, 0.29) is 17.3 Å². The molecule has 1 N–H and O–H groups in total. The van der Waals surface area contributed by atoms with Crippen molar-refractivity contribution in [1.82, 2.24) is 0 Å². The largest absolute Gasteiger partial charge is 0.475 e. The summed E-state index contributed by atoms with van der Waals surface area (Å²) in [5, 5.41) is 10.8. The van der Waals surface area contributed by atoms with Crippen molar-refractivity contribution in [2.75, 3.05) is 0 Å². The van der Waals surface area contributed by atoms with Crippen LogP contribution in [0.1, 0.15) is 16.1 Å². The Labute approximate surface area is 170 Å². The first-order chi connectivity index (χ1) is 14.5. The molecule has 4 rings (SSSR count). The number of ether oxygens (including phenoxy) is 1. The molecule has 0 spiro atoms. The summed E-state index contributed by atoms with van der Waals surface area (Å²) in [6.07, 6.45) is 4.07. The fourth-order valence-corrected chi connectivity index (χ4v) is 3.18. The third kappa shape index (κ3) is 3.84. The molecule has 4 aromatic rings. The predicted octanol–water partition coefficient (Wildman–Crippen LogP) is 5.56. The number of fused-ring (bicyclic) bond motifs is 1. The fraction of sp³-hybridized carbons (Fsp3) is 0. The van der Waals surface area contributed by atoms with E-state index >= 15 is 0 Å². The van der Waals surface area contributed by atoms with Crippen molar-refractivity contribution in [3.8, 4) is 16.9 Å². The molecule has 0 aliphatic heterocycles. The highest BCUT2D eigenvalue weighted by Crippen LogP contribution is 2.37. The van der Waals surface area contributed by atoms with Gasteiger partial charge in [0.15, 0.2) is 0 Å². The SMILES string of the molecule is O=C(C=Cc1ccc(F)cc1)Oc1cccc2cccc(-c3ccoc3C(=O)O)c12. The van der Waals surface area contributed by atoms with Crippen LogP contribution in [0, 0.1) is 5.82 Å². The van der Waals surface area contributed by atoms with Crippen LogP contribution >= 0.6 is 0 Å². The van der Waals surface area contributed by atoms with Crippen molar-refractivity contribution in [3.05, 3.63) is 96.2 Å². The van der Waals surface area contributed by atoms with Crippen molar-refractivity contribution in [2.24, 2.45) is 0 Å². The quantitative estimate of drug-likeness (QED) is 0.269. The molecule has 1 aromatic heterocycles. The zero-order valence-electron chi connectivity index (χ0n) is 15.5. The number of carbonyl (C=O) groups excluding carboxylic acids is 1. The van der Waals surface area contributed by atoms with E-state index in [9.17, 15) is 19.1 Å². The van der Waals surface area contributed by atoms with Crippen LogP contribution in [0.5, 0.6) is 5.75 Å². The molecule has 0 aliphatic rings. The summed E-state index contributed by atoms with van der Waals surface area (Å²) >= 11 is 0. The highest BCUT2D eigenvalue weighted by atomic mass is 19.1. The molecule has 0 fully saturated rings. The highest BCUT2D eigenvalue weighted by molar-refractivity contribution is 6.06. The van der Waals surface area contributed by atoms with Crippen LogP contribution in [0.15, 0.2) is 83.5 Å². The van der Waals surface area contributed by atoms with Gasteiger partial charge in [-0.1, -0.05) is 42.5 Å². The summed E-state index contributed by atoms with van der Waals surface area (Å²) in [7, 11) is 0. The number of esters is 1. The molecule has 0 atom stereocenters. The summed E-state index contributed by atoms with van der Waals surface area (Å²) in [6, 6.07) is 17.8. The van der Waals surface area contributed by atoms with Crippen LogP contribution < -0.4 is 4.74 Å². The van der Waals surface area contributed by atoms with E-state index in [0.717, 1.165) is 5.39 Å². The molecular weight excluding hydrogens is 387 g/mol. The molecule has 5 nitrogen and oxygen atoms in total. The Morgan fingerprint density at radius 1 is 0.933 bits per heavy atom. The van der Waals surface area contributed by atoms with Gasteiger partial charge in [-0.05, 0) is 46.9 Å². The number of rotatable bonds is 5. The van der Waals surface area contributed by atoms with E-state index in [2.05, 4.69) is 0 Å². The lowest BCUT2D eigenvalue weighted by Crippen LogP contribution is -2.04. The number of furan rings is 1. The van der Waals surface area contributed by atoms with Crippen LogP contribution in [0.25, 0.3) is 28.0 Å². The number of aromatic carboxylic acids is 1. The number of carboxylic acid groups (broad SMARTS) is 1. The molecule has 3 aromatic carbocycles. The van der Waals surface area contributed by atoms with E-state index in [1.54, 1.807) is 42.5 Å². The second-order valence-electron chi connectivity index (χ2n) is 6.43. The Balaban J connectivity index is 1.71. The van der Waals surface area contributed by atoms with Gasteiger partial charge in [-0.3, -0.25) is 0 Å². The first-order valence-corrected chi connectivity index (χ1v) is 9.01. The predicted molar refractivity (Wildman–Crippen MR) is 110 cm³/mol. The molecule has 148 valence electrons. The molecule has 0 saturated heterocycles. The zero-order chi connectivity index (χ0) is 21.1. The summed E-state index contributed by atoms with van der Waals surface area (Å²) < 4.78 is 23.6. The van der Waals surface area contributed by atoms with Crippen LogP contribution in [0.3, 0.4) is 0 Å². The van der Waals surface area contributed by atoms with Gasteiger partial charge >= 0.3 is 11.9 Å². The minimum atomic E-state index is -1.19. The van der Waals surface area contributed by atoms with Gasteiger partial charge in [-0.2, -0.15) is 0 Å². The van der Waals surface area contributed by atoms with Gasteiger partial charge < -0.3 is 14.3 Å². The first kappa shape index (κ1) is 19.1. The van der Waals surface area contributed by atoms with E-state index in [0.29, 0.717) is 22.1 Å². The van der Waals surface area contributed by atoms with Gasteiger partial charge in [0.2, 0.25) is 5.76 Å². The Morgan fingerprint density at radius 2 is 1.67 bits per heavy atom. The van der Waals surface area contributed by atoms with Crippen molar-refractivity contribution < 1.29 is 28.2 Å². The highest BCUT2D eigenvalue weighted by Gasteiger charge is 2.19. The maximum absolute atomic E-state index is 13.0. The number of halogens is 1. The molecule has 6 heteroatoms. The Morgan fingerprint density at radius 3 is 2.40 bits per heavy atom. The zero-order valence-corrected chi connectivity index (χ0v) is 15.5. The summed E-state index contributed by atoms with van der Waals surface area (Å²) in [6.45, 7) is 0. The molecule has 0 unspecified atom stereocenters. The number of hydrogen-bond donors (Lipinski definition) is 1. The maximum atomic E-state index is 13.0. The fourth-order valence-electron chi connectivity index (χ4n) is 3.18. The summed E-state index contributed by atoms with van der Waals surface area (Å²) in [5.74, 6) is -2.08. The van der Waals surface area contributed by atoms with Gasteiger partial charge in [-0.15, -0.1) is 0 Å². The minimum Gasteiger partial charge on any atom is -0.475 e. The van der Waals surface area contributed by atoms with Crippen LogP contribution in [0.4, 0.5) is 4.39 Å². The molecular formula is C24H15FO5. The lowest BCUT2D eigenvalue weighted by Gasteiger charge is -2.11. The monoisotopic (exact) mass is 402 g/mol.